The van der Waals surface area contributed by atoms with Crippen molar-refractivity contribution in [3.8, 4) is 0 Å². The summed E-state index contributed by atoms with van der Waals surface area (Å²) in [5.41, 5.74) is 7.21. The van der Waals surface area contributed by atoms with Gasteiger partial charge in [0.1, 0.15) is 6.04 Å². The second kappa shape index (κ2) is 13.9. The largest absolute Gasteiger partial charge is 0.377 e. The van der Waals surface area contributed by atoms with Gasteiger partial charge in [-0.25, -0.2) is 0 Å². The molecule has 212 valence electrons. The first-order chi connectivity index (χ1) is 19.1. The Balaban J connectivity index is 1.31. The lowest BCUT2D eigenvalue weighted by Gasteiger charge is -2.43. The Morgan fingerprint density at radius 1 is 1.03 bits per heavy atom. The van der Waals surface area contributed by atoms with E-state index in [0.717, 1.165) is 58.3 Å². The predicted molar refractivity (Wildman–Crippen MR) is 156 cm³/mol. The molecule has 2 aromatic rings. The van der Waals surface area contributed by atoms with Crippen LogP contribution < -0.4 is 11.1 Å². The molecule has 1 saturated carbocycles. The van der Waals surface area contributed by atoms with Crippen LogP contribution in [0.2, 0.25) is 0 Å². The fourth-order valence-electron chi connectivity index (χ4n) is 6.69. The zero-order chi connectivity index (χ0) is 27.0. The molecule has 3 N–H and O–H groups in total. The van der Waals surface area contributed by atoms with E-state index in [-0.39, 0.29) is 24.0 Å². The Labute approximate surface area is 237 Å². The fraction of sp³-hybridized carbons (Fsp3) is 0.613. The number of carbonyl (C=O) groups is 2. The third kappa shape index (κ3) is 7.48. The van der Waals surface area contributed by atoms with Crippen LogP contribution in [0.25, 0.3) is 0 Å². The lowest BCUT2D eigenvalue weighted by atomic mass is 9.81. The number of nitrogens with one attached hydrogen (secondary N) is 1. The van der Waals surface area contributed by atoms with Gasteiger partial charge in [0.15, 0.2) is 0 Å². The summed E-state index contributed by atoms with van der Waals surface area (Å²) in [6, 6.07) is 14.0. The van der Waals surface area contributed by atoms with E-state index in [0.29, 0.717) is 36.2 Å². The number of nitrogens with two attached hydrogens (primary N) is 1. The predicted octanol–water partition coefficient (Wildman–Crippen LogP) is 4.28. The quantitative estimate of drug-likeness (QED) is 0.459. The van der Waals surface area contributed by atoms with Gasteiger partial charge in [0.2, 0.25) is 5.91 Å². The number of ether oxygens (including phenoxy) is 1. The molecule has 39 heavy (non-hydrogen) atoms. The van der Waals surface area contributed by atoms with Gasteiger partial charge >= 0.3 is 0 Å². The highest BCUT2D eigenvalue weighted by Gasteiger charge is 2.39. The van der Waals surface area contributed by atoms with Crippen LogP contribution in [0, 0.1) is 11.8 Å². The molecule has 3 fully saturated rings. The van der Waals surface area contributed by atoms with E-state index in [4.69, 9.17) is 10.5 Å². The number of nitrogens with zero attached hydrogens (tertiary/aromatic N) is 2. The van der Waals surface area contributed by atoms with Crippen LogP contribution in [0.4, 0.5) is 0 Å². The van der Waals surface area contributed by atoms with Gasteiger partial charge in [-0.05, 0) is 80.3 Å². The van der Waals surface area contributed by atoms with Crippen molar-refractivity contribution in [1.82, 2.24) is 15.1 Å². The number of carbonyl (C=O) groups excluding carboxylic acids is 2. The van der Waals surface area contributed by atoms with E-state index in [9.17, 15) is 9.59 Å². The summed E-state index contributed by atoms with van der Waals surface area (Å²) in [5, 5.41) is 5.19. The fourth-order valence-corrected chi connectivity index (χ4v) is 7.37. The Morgan fingerprint density at radius 3 is 2.62 bits per heavy atom. The van der Waals surface area contributed by atoms with E-state index in [2.05, 4.69) is 34.5 Å². The molecule has 0 spiro atoms. The number of likely N-dealkylation sites (tertiary alicyclic amines) is 1. The monoisotopic (exact) mass is 552 g/mol. The summed E-state index contributed by atoms with van der Waals surface area (Å²) in [4.78, 5) is 32.3. The van der Waals surface area contributed by atoms with E-state index < -0.39 is 6.04 Å². The number of rotatable bonds is 10. The van der Waals surface area contributed by atoms with Crippen LogP contribution >= 0.6 is 11.3 Å². The third-order valence-corrected chi connectivity index (χ3v) is 9.72. The third-order valence-electron chi connectivity index (χ3n) is 8.87. The van der Waals surface area contributed by atoms with Crippen molar-refractivity contribution in [3.05, 3.63) is 58.3 Å². The van der Waals surface area contributed by atoms with Crippen molar-refractivity contribution in [2.75, 3.05) is 32.8 Å². The zero-order valence-electron chi connectivity index (χ0n) is 23.0. The number of benzene rings is 1. The highest BCUT2D eigenvalue weighted by atomic mass is 32.1. The molecule has 3 aliphatic rings. The summed E-state index contributed by atoms with van der Waals surface area (Å²) in [5.74, 6) is 0.974. The van der Waals surface area contributed by atoms with E-state index >= 15 is 0 Å². The van der Waals surface area contributed by atoms with Crippen molar-refractivity contribution in [2.24, 2.45) is 17.6 Å². The van der Waals surface area contributed by atoms with Crippen molar-refractivity contribution < 1.29 is 14.3 Å². The maximum atomic E-state index is 13.8. The van der Waals surface area contributed by atoms with Crippen LogP contribution in [-0.2, 0) is 16.1 Å². The molecule has 1 aliphatic carbocycles. The van der Waals surface area contributed by atoms with Gasteiger partial charge < -0.3 is 20.7 Å². The van der Waals surface area contributed by atoms with E-state index in [1.54, 1.807) is 0 Å². The standard InChI is InChI=1S/C31H44N4O3S/c32-19-24-9-4-10-25(17-24)20-33-30(36)28-18-26(13-14-35(28)31(37)29-12-6-16-39-29)34(22-27-11-5-15-38-27)21-23-7-2-1-3-8-23/h1-3,6-8,12,16,24-28H,4-5,9-11,13-15,17-22,32H2,(H,33,36)/t24?,25?,26?,27?,28-/m1/s1. The Morgan fingerprint density at radius 2 is 1.87 bits per heavy atom. The summed E-state index contributed by atoms with van der Waals surface area (Å²) >= 11 is 1.45. The number of amides is 2. The normalized spacial score (nSPS) is 27.5. The first kappa shape index (κ1) is 28.3. The summed E-state index contributed by atoms with van der Waals surface area (Å²) in [6.07, 6.45) is 8.48. The van der Waals surface area contributed by atoms with Crippen molar-refractivity contribution in [2.45, 2.75) is 76.1 Å². The van der Waals surface area contributed by atoms with Gasteiger partial charge in [0, 0.05) is 38.8 Å². The smallest absolute Gasteiger partial charge is 0.264 e. The molecule has 3 heterocycles. The highest BCUT2D eigenvalue weighted by Crippen LogP contribution is 2.30. The Hall–Kier alpha value is -2.26. The second-order valence-electron chi connectivity index (χ2n) is 11.6. The van der Waals surface area contributed by atoms with Crippen molar-refractivity contribution in [3.63, 3.8) is 0 Å². The molecule has 8 heteroatoms. The Kier molecular flexibility index (Phi) is 10.1. The summed E-state index contributed by atoms with van der Waals surface area (Å²) in [6.45, 7) is 4.47. The minimum Gasteiger partial charge on any atom is -0.377 e. The van der Waals surface area contributed by atoms with E-state index in [1.165, 1.54) is 29.7 Å². The second-order valence-corrected chi connectivity index (χ2v) is 12.5. The van der Waals surface area contributed by atoms with Crippen molar-refractivity contribution >= 4 is 23.2 Å². The van der Waals surface area contributed by atoms with Crippen LogP contribution in [0.3, 0.4) is 0 Å². The van der Waals surface area contributed by atoms with Crippen LogP contribution in [0.1, 0.15) is 66.6 Å². The molecule has 2 aliphatic heterocycles. The summed E-state index contributed by atoms with van der Waals surface area (Å²) < 4.78 is 6.03. The van der Waals surface area contributed by atoms with Gasteiger partial charge in [-0.2, -0.15) is 0 Å². The molecule has 0 bridgehead atoms. The molecule has 4 unspecified atom stereocenters. The van der Waals surface area contributed by atoms with Crippen molar-refractivity contribution in [1.29, 1.82) is 0 Å². The van der Waals surface area contributed by atoms with Gasteiger partial charge in [0.05, 0.1) is 11.0 Å². The van der Waals surface area contributed by atoms with Gasteiger partial charge in [-0.1, -0.05) is 42.8 Å². The maximum absolute atomic E-state index is 13.8. The zero-order valence-corrected chi connectivity index (χ0v) is 23.8. The van der Waals surface area contributed by atoms with Crippen LogP contribution in [0.15, 0.2) is 47.8 Å². The minimum absolute atomic E-state index is 0.0174. The average Bonchev–Trinajstić information content (AvgIpc) is 3.71. The first-order valence-corrected chi connectivity index (χ1v) is 15.7. The van der Waals surface area contributed by atoms with Gasteiger partial charge in [-0.3, -0.25) is 14.5 Å². The number of piperidine rings is 1. The molecule has 2 amide bonds. The van der Waals surface area contributed by atoms with Gasteiger partial charge in [-0.15, -0.1) is 11.3 Å². The average molecular weight is 553 g/mol. The molecule has 1 aromatic carbocycles. The molecule has 2 saturated heterocycles. The van der Waals surface area contributed by atoms with Crippen LogP contribution in [-0.4, -0.2) is 72.6 Å². The molecule has 0 radical (unpaired) electrons. The van der Waals surface area contributed by atoms with Gasteiger partial charge in [0.25, 0.3) is 5.91 Å². The number of hydrogen-bond donors (Lipinski definition) is 2. The molecule has 1 aromatic heterocycles. The lowest BCUT2D eigenvalue weighted by Crippen LogP contribution is -2.58. The minimum atomic E-state index is -0.477. The highest BCUT2D eigenvalue weighted by molar-refractivity contribution is 7.12. The molecule has 7 nitrogen and oxygen atoms in total. The lowest BCUT2D eigenvalue weighted by molar-refractivity contribution is -0.128. The summed E-state index contributed by atoms with van der Waals surface area (Å²) in [7, 11) is 0. The molecular formula is C31H44N4O3S. The Bertz CT molecular complexity index is 1040. The molecule has 5 atom stereocenters. The van der Waals surface area contributed by atoms with Crippen LogP contribution in [0.5, 0.6) is 0 Å². The number of thiophene rings is 1. The van der Waals surface area contributed by atoms with E-state index in [1.807, 2.05) is 28.5 Å². The number of hydrogen-bond acceptors (Lipinski definition) is 6. The molecule has 5 rings (SSSR count). The topological polar surface area (TPSA) is 87.9 Å². The first-order valence-electron chi connectivity index (χ1n) is 14.8. The SMILES string of the molecule is NCC1CCCC(CNC(=O)[C@H]2CC(N(Cc3ccccc3)CC3CCCO3)CCN2C(=O)c2cccs2)C1. The maximum Gasteiger partial charge on any atom is 0.264 e. The molecular weight excluding hydrogens is 508 g/mol.